The molecule has 0 saturated carbocycles. The zero-order valence-electron chi connectivity index (χ0n) is 18.2. The van der Waals surface area contributed by atoms with Gasteiger partial charge in [0.05, 0.1) is 26.5 Å². The van der Waals surface area contributed by atoms with Crippen LogP contribution in [0.2, 0.25) is 0 Å². The Bertz CT molecular complexity index is 943. The maximum atomic E-state index is 5.38. The van der Waals surface area contributed by atoms with Crippen molar-refractivity contribution in [2.24, 2.45) is 4.99 Å². The number of hydrogen-bond donors (Lipinski definition) is 2. The van der Waals surface area contributed by atoms with Gasteiger partial charge in [0.1, 0.15) is 0 Å². The third-order valence-corrected chi connectivity index (χ3v) is 4.62. The molecule has 1 heterocycles. The Balaban J connectivity index is 0.00000341. The minimum absolute atomic E-state index is 0. The average molecular weight is 535 g/mol. The molecule has 0 unspecified atom stereocenters. The molecule has 8 heteroatoms. The van der Waals surface area contributed by atoms with E-state index in [9.17, 15) is 0 Å². The summed E-state index contributed by atoms with van der Waals surface area (Å²) >= 11 is 0. The third kappa shape index (κ3) is 7.16. The fourth-order valence-electron chi connectivity index (χ4n) is 3.05. The number of aliphatic imine (C=N–C) groups is 1. The standard InChI is InChI=1S/C23H29N5O2.HI/c1-4-24-23(25-14-12-18-8-11-21(29-2)22(16-18)30-3)26-17-19-6-9-20(10-7-19)28-15-5-13-27-28;/h5-11,13,15-16H,4,12,14,17H2,1-3H3,(H2,24,25,26);1H. The van der Waals surface area contributed by atoms with Crippen molar-refractivity contribution in [1.29, 1.82) is 0 Å². The molecular weight excluding hydrogens is 505 g/mol. The third-order valence-electron chi connectivity index (χ3n) is 4.62. The highest BCUT2D eigenvalue weighted by Crippen LogP contribution is 2.27. The minimum Gasteiger partial charge on any atom is -0.493 e. The van der Waals surface area contributed by atoms with E-state index in [1.165, 1.54) is 5.56 Å². The van der Waals surface area contributed by atoms with Gasteiger partial charge in [0.2, 0.25) is 0 Å². The lowest BCUT2D eigenvalue weighted by atomic mass is 10.1. The van der Waals surface area contributed by atoms with Crippen LogP contribution in [-0.2, 0) is 13.0 Å². The molecule has 1 aromatic heterocycles. The van der Waals surface area contributed by atoms with E-state index in [0.717, 1.165) is 48.2 Å². The highest BCUT2D eigenvalue weighted by molar-refractivity contribution is 14.0. The molecular formula is C23H30IN5O2. The van der Waals surface area contributed by atoms with Crippen molar-refractivity contribution in [2.75, 3.05) is 27.3 Å². The van der Waals surface area contributed by atoms with Gasteiger partial charge in [-0.05, 0) is 54.8 Å². The van der Waals surface area contributed by atoms with E-state index in [1.54, 1.807) is 20.4 Å². The summed E-state index contributed by atoms with van der Waals surface area (Å²) in [6, 6.07) is 16.2. The van der Waals surface area contributed by atoms with Crippen molar-refractivity contribution in [2.45, 2.75) is 19.9 Å². The van der Waals surface area contributed by atoms with Crippen LogP contribution in [0.4, 0.5) is 0 Å². The first kappa shape index (κ1) is 24.5. The normalized spacial score (nSPS) is 10.9. The van der Waals surface area contributed by atoms with Gasteiger partial charge in [-0.15, -0.1) is 24.0 Å². The number of rotatable bonds is 9. The number of guanidine groups is 1. The number of nitrogens with one attached hydrogen (secondary N) is 2. The van der Waals surface area contributed by atoms with Gasteiger partial charge >= 0.3 is 0 Å². The molecule has 0 atom stereocenters. The van der Waals surface area contributed by atoms with Crippen LogP contribution in [0.5, 0.6) is 11.5 Å². The molecule has 0 fully saturated rings. The van der Waals surface area contributed by atoms with Crippen LogP contribution >= 0.6 is 24.0 Å². The topological polar surface area (TPSA) is 72.7 Å². The summed E-state index contributed by atoms with van der Waals surface area (Å²) in [5.41, 5.74) is 3.35. The summed E-state index contributed by atoms with van der Waals surface area (Å²) in [6.07, 6.45) is 4.55. The Morgan fingerprint density at radius 2 is 1.74 bits per heavy atom. The van der Waals surface area contributed by atoms with Crippen molar-refractivity contribution >= 4 is 29.9 Å². The molecule has 0 spiro atoms. The number of nitrogens with zero attached hydrogens (tertiary/aromatic N) is 3. The maximum Gasteiger partial charge on any atom is 0.191 e. The van der Waals surface area contributed by atoms with Crippen LogP contribution in [-0.4, -0.2) is 43.0 Å². The molecule has 0 amide bonds. The SMILES string of the molecule is CCNC(=NCc1ccc(-n2cccn2)cc1)NCCc1ccc(OC)c(OC)c1.I. The molecule has 3 aromatic rings. The molecule has 31 heavy (non-hydrogen) atoms. The second-order valence-corrected chi connectivity index (χ2v) is 6.68. The molecule has 0 bridgehead atoms. The average Bonchev–Trinajstić information content (AvgIpc) is 3.32. The van der Waals surface area contributed by atoms with Gasteiger partial charge in [-0.1, -0.05) is 18.2 Å². The van der Waals surface area contributed by atoms with Gasteiger partial charge in [-0.2, -0.15) is 5.10 Å². The van der Waals surface area contributed by atoms with Gasteiger partial charge in [0.25, 0.3) is 0 Å². The zero-order valence-corrected chi connectivity index (χ0v) is 20.5. The second-order valence-electron chi connectivity index (χ2n) is 6.68. The largest absolute Gasteiger partial charge is 0.493 e. The van der Waals surface area contributed by atoms with Crippen LogP contribution in [0.15, 0.2) is 65.9 Å². The van der Waals surface area contributed by atoms with E-state index in [-0.39, 0.29) is 24.0 Å². The molecule has 7 nitrogen and oxygen atoms in total. The molecule has 2 aromatic carbocycles. The fourth-order valence-corrected chi connectivity index (χ4v) is 3.05. The van der Waals surface area contributed by atoms with Crippen LogP contribution in [0.1, 0.15) is 18.1 Å². The fraction of sp³-hybridized carbons (Fsp3) is 0.304. The zero-order chi connectivity index (χ0) is 21.2. The van der Waals surface area contributed by atoms with Crippen LogP contribution in [0.3, 0.4) is 0 Å². The summed E-state index contributed by atoms with van der Waals surface area (Å²) in [5, 5.41) is 10.9. The summed E-state index contributed by atoms with van der Waals surface area (Å²) < 4.78 is 12.5. The Morgan fingerprint density at radius 3 is 2.39 bits per heavy atom. The lowest BCUT2D eigenvalue weighted by molar-refractivity contribution is 0.354. The van der Waals surface area contributed by atoms with E-state index in [1.807, 2.05) is 35.1 Å². The van der Waals surface area contributed by atoms with E-state index < -0.39 is 0 Å². The summed E-state index contributed by atoms with van der Waals surface area (Å²) in [5.74, 6) is 2.28. The number of methoxy groups -OCH3 is 2. The summed E-state index contributed by atoms with van der Waals surface area (Å²) in [6.45, 7) is 4.23. The van der Waals surface area contributed by atoms with E-state index in [0.29, 0.717) is 6.54 Å². The first-order valence-electron chi connectivity index (χ1n) is 10.1. The minimum atomic E-state index is 0. The molecule has 0 aliphatic rings. The highest BCUT2D eigenvalue weighted by Gasteiger charge is 2.05. The summed E-state index contributed by atoms with van der Waals surface area (Å²) in [7, 11) is 3.29. The molecule has 2 N–H and O–H groups in total. The lowest BCUT2D eigenvalue weighted by Crippen LogP contribution is -2.38. The first-order valence-corrected chi connectivity index (χ1v) is 10.1. The Hall–Kier alpha value is -2.75. The smallest absolute Gasteiger partial charge is 0.191 e. The number of ether oxygens (including phenoxy) is 2. The molecule has 3 rings (SSSR count). The van der Waals surface area contributed by atoms with E-state index in [4.69, 9.17) is 14.5 Å². The molecule has 0 radical (unpaired) electrons. The Morgan fingerprint density at radius 1 is 1.00 bits per heavy atom. The van der Waals surface area contributed by atoms with Gasteiger partial charge in [0.15, 0.2) is 17.5 Å². The monoisotopic (exact) mass is 535 g/mol. The van der Waals surface area contributed by atoms with Crippen molar-refractivity contribution < 1.29 is 9.47 Å². The van der Waals surface area contributed by atoms with Crippen molar-refractivity contribution in [3.8, 4) is 17.2 Å². The number of halogens is 1. The van der Waals surface area contributed by atoms with E-state index in [2.05, 4.69) is 46.9 Å². The second kappa shape index (κ2) is 12.8. The number of hydrogen-bond acceptors (Lipinski definition) is 4. The van der Waals surface area contributed by atoms with Crippen molar-refractivity contribution in [1.82, 2.24) is 20.4 Å². The molecule has 166 valence electrons. The van der Waals surface area contributed by atoms with Gasteiger partial charge in [0, 0.05) is 25.5 Å². The van der Waals surface area contributed by atoms with Gasteiger partial charge in [-0.25, -0.2) is 9.67 Å². The molecule has 0 aliphatic heterocycles. The molecule has 0 saturated heterocycles. The van der Waals surface area contributed by atoms with Gasteiger partial charge < -0.3 is 20.1 Å². The van der Waals surface area contributed by atoms with Gasteiger partial charge in [-0.3, -0.25) is 0 Å². The highest BCUT2D eigenvalue weighted by atomic mass is 127. The number of aromatic nitrogens is 2. The lowest BCUT2D eigenvalue weighted by Gasteiger charge is -2.13. The van der Waals surface area contributed by atoms with Crippen LogP contribution < -0.4 is 20.1 Å². The van der Waals surface area contributed by atoms with E-state index >= 15 is 0 Å². The van der Waals surface area contributed by atoms with Crippen LogP contribution in [0.25, 0.3) is 5.69 Å². The quantitative estimate of drug-likeness (QED) is 0.248. The van der Waals surface area contributed by atoms with Crippen molar-refractivity contribution in [3.63, 3.8) is 0 Å². The Labute approximate surface area is 200 Å². The van der Waals surface area contributed by atoms with Crippen LogP contribution in [0, 0.1) is 0 Å². The summed E-state index contributed by atoms with van der Waals surface area (Å²) in [4.78, 5) is 4.70. The Kier molecular flexibility index (Phi) is 10.2. The maximum absolute atomic E-state index is 5.38. The predicted molar refractivity (Wildman–Crippen MR) is 135 cm³/mol. The van der Waals surface area contributed by atoms with Crippen molar-refractivity contribution in [3.05, 3.63) is 72.1 Å². The first-order chi connectivity index (χ1) is 14.7. The predicted octanol–water partition coefficient (Wildman–Crippen LogP) is 3.81. The molecule has 0 aliphatic carbocycles. The number of benzene rings is 2.